The highest BCUT2D eigenvalue weighted by atomic mass is 32.2. The van der Waals surface area contributed by atoms with Crippen molar-refractivity contribution in [2.75, 3.05) is 31.5 Å². The zero-order chi connectivity index (χ0) is 24.2. The Hall–Kier alpha value is -3.21. The topological polar surface area (TPSA) is 91.2 Å². The number of ether oxygens (including phenoxy) is 1. The minimum Gasteiger partial charge on any atom is -0.480 e. The molecule has 10 heteroatoms. The lowest BCUT2D eigenvalue weighted by molar-refractivity contribution is 0.0947. The molecule has 0 radical (unpaired) electrons. The first-order chi connectivity index (χ1) is 17.1. The number of nitrogens with one attached hydrogen (secondary N) is 2. The molecule has 180 valence electrons. The lowest BCUT2D eigenvalue weighted by Gasteiger charge is -2.16. The molecule has 35 heavy (non-hydrogen) atoms. The Kier molecular flexibility index (Phi) is 7.12. The van der Waals surface area contributed by atoms with Crippen molar-refractivity contribution >= 4 is 53.6 Å². The maximum Gasteiger partial charge on any atom is 0.251 e. The van der Waals surface area contributed by atoms with Crippen LogP contribution in [-0.4, -0.2) is 55.6 Å². The lowest BCUT2D eigenvalue weighted by Crippen LogP contribution is -2.30. The number of fused-ring (bicyclic) bond motifs is 9. The summed E-state index contributed by atoms with van der Waals surface area (Å²) in [6.07, 6.45) is 4.35. The second-order valence-corrected chi connectivity index (χ2v) is 10.5. The van der Waals surface area contributed by atoms with Crippen LogP contribution in [0.25, 0.3) is 10.4 Å². The second kappa shape index (κ2) is 10.6. The number of hydrogen-bond acceptors (Lipinski definition) is 8. The summed E-state index contributed by atoms with van der Waals surface area (Å²) in [7, 11) is 1.60. The van der Waals surface area contributed by atoms with Gasteiger partial charge in [-0.25, -0.2) is 9.98 Å². The number of carbonyl (C=O) groups is 1. The molecule has 2 N–H and O–H groups in total. The molecular weight excluding hydrogens is 480 g/mol. The highest BCUT2D eigenvalue weighted by molar-refractivity contribution is 8.00. The molecule has 1 unspecified atom stereocenters. The molecule has 4 heterocycles. The van der Waals surface area contributed by atoms with Crippen molar-refractivity contribution in [3.63, 3.8) is 0 Å². The fourth-order valence-corrected chi connectivity index (χ4v) is 6.13. The van der Waals surface area contributed by atoms with Crippen molar-refractivity contribution < 1.29 is 9.53 Å². The van der Waals surface area contributed by atoms with E-state index in [4.69, 9.17) is 4.74 Å². The van der Waals surface area contributed by atoms with E-state index in [0.29, 0.717) is 23.9 Å². The molecule has 1 saturated heterocycles. The molecule has 1 aromatic carbocycles. The number of aliphatic imine (C=N–C) groups is 2. The van der Waals surface area contributed by atoms with Crippen molar-refractivity contribution in [1.29, 1.82) is 0 Å². The average molecular weight is 507 g/mol. The van der Waals surface area contributed by atoms with Crippen molar-refractivity contribution in [3.8, 4) is 16.3 Å². The molecule has 0 spiro atoms. The van der Waals surface area contributed by atoms with Gasteiger partial charge in [0.05, 0.1) is 12.8 Å². The van der Waals surface area contributed by atoms with E-state index in [0.717, 1.165) is 52.8 Å². The van der Waals surface area contributed by atoms with Gasteiger partial charge < -0.3 is 14.8 Å². The minimum absolute atomic E-state index is 0.0512. The molecular formula is C25H26N6O2S2. The lowest BCUT2D eigenvalue weighted by atomic mass is 10.1. The maximum atomic E-state index is 12.8. The average Bonchev–Trinajstić information content (AvgIpc) is 3.51. The van der Waals surface area contributed by atoms with Gasteiger partial charge in [0.1, 0.15) is 12.0 Å². The Bertz CT molecular complexity index is 1270. The maximum absolute atomic E-state index is 12.8. The molecule has 0 saturated carbocycles. The van der Waals surface area contributed by atoms with Gasteiger partial charge in [-0.05, 0) is 67.9 Å². The summed E-state index contributed by atoms with van der Waals surface area (Å²) in [4.78, 5) is 31.2. The highest BCUT2D eigenvalue weighted by Gasteiger charge is 2.25. The Balaban J connectivity index is 1.54. The standard InChI is InChI=1S/C25H26N6O2S2/c1-26-15-29-20-10-22-18-9-21(25(33-2)28-12-18)30-35-19-5-3-4-17(8-19)24(32)27-11-16-6-7-31(13-16)14-23(20)34-22/h3-5,8-10,12,15-16,30H,1,6-7,11,13-14H2,2H3,(H,27,32)/t16-/m1/s1. The summed E-state index contributed by atoms with van der Waals surface area (Å²) in [6.45, 7) is 6.90. The SMILES string of the molecule is C=NC=Nc1cc2sc1CN1CC[C@H](CNC(=O)c3cccc(c3)SNc3cc-2cnc3OC)C1. The van der Waals surface area contributed by atoms with Crippen LogP contribution in [0.1, 0.15) is 21.7 Å². The molecule has 8 bridgehead atoms. The van der Waals surface area contributed by atoms with E-state index in [-0.39, 0.29) is 5.91 Å². The van der Waals surface area contributed by atoms with Crippen LogP contribution < -0.4 is 14.8 Å². The summed E-state index contributed by atoms with van der Waals surface area (Å²) in [6, 6.07) is 11.7. The number of benzene rings is 1. The third kappa shape index (κ3) is 5.39. The summed E-state index contributed by atoms with van der Waals surface area (Å²) < 4.78 is 8.83. The van der Waals surface area contributed by atoms with Gasteiger partial charge in [0, 0.05) is 51.6 Å². The van der Waals surface area contributed by atoms with Gasteiger partial charge in [-0.2, -0.15) is 0 Å². The first-order valence-corrected chi connectivity index (χ1v) is 12.9. The van der Waals surface area contributed by atoms with E-state index >= 15 is 0 Å². The summed E-state index contributed by atoms with van der Waals surface area (Å²) in [5.74, 6) is 0.870. The Morgan fingerprint density at radius 2 is 2.20 bits per heavy atom. The molecule has 8 nitrogen and oxygen atoms in total. The van der Waals surface area contributed by atoms with E-state index in [1.54, 1.807) is 18.4 Å². The van der Waals surface area contributed by atoms with Gasteiger partial charge in [0.15, 0.2) is 0 Å². The Morgan fingerprint density at radius 1 is 1.29 bits per heavy atom. The van der Waals surface area contributed by atoms with Crippen LogP contribution in [0.4, 0.5) is 11.4 Å². The number of carbonyl (C=O) groups excluding carboxylic acids is 1. The summed E-state index contributed by atoms with van der Waals surface area (Å²) in [5, 5.41) is 3.12. The second-order valence-electron chi connectivity index (χ2n) is 8.46. The van der Waals surface area contributed by atoms with Crippen molar-refractivity contribution in [2.24, 2.45) is 15.9 Å². The number of anilines is 1. The highest BCUT2D eigenvalue weighted by Crippen LogP contribution is 2.40. The number of methoxy groups -OCH3 is 1. The third-order valence-corrected chi connectivity index (χ3v) is 8.03. The van der Waals surface area contributed by atoms with E-state index in [2.05, 4.69) is 42.7 Å². The number of rotatable bonds is 3. The normalized spacial score (nSPS) is 20.0. The predicted molar refractivity (Wildman–Crippen MR) is 143 cm³/mol. The largest absolute Gasteiger partial charge is 0.480 e. The van der Waals surface area contributed by atoms with E-state index in [1.165, 1.54) is 23.2 Å². The van der Waals surface area contributed by atoms with Crippen LogP contribution in [0.2, 0.25) is 0 Å². The summed E-state index contributed by atoms with van der Waals surface area (Å²) >= 11 is 3.12. The molecule has 5 rings (SSSR count). The first kappa shape index (κ1) is 23.5. The third-order valence-electron chi connectivity index (χ3n) is 6.06. The van der Waals surface area contributed by atoms with Crippen LogP contribution in [-0.2, 0) is 6.54 Å². The van der Waals surface area contributed by atoms with Gasteiger partial charge in [-0.3, -0.25) is 14.7 Å². The van der Waals surface area contributed by atoms with E-state index in [1.807, 2.05) is 36.5 Å². The van der Waals surface area contributed by atoms with Gasteiger partial charge in [-0.15, -0.1) is 11.3 Å². The number of amides is 1. The van der Waals surface area contributed by atoms with Crippen LogP contribution in [0, 0.1) is 5.92 Å². The van der Waals surface area contributed by atoms with Crippen molar-refractivity contribution in [2.45, 2.75) is 17.9 Å². The quantitative estimate of drug-likeness (QED) is 0.299. The van der Waals surface area contributed by atoms with E-state index in [9.17, 15) is 4.79 Å². The number of aromatic nitrogens is 1. The van der Waals surface area contributed by atoms with Crippen LogP contribution in [0.5, 0.6) is 5.88 Å². The molecule has 3 aromatic rings. The molecule has 2 atom stereocenters. The van der Waals surface area contributed by atoms with Crippen molar-refractivity contribution in [3.05, 3.63) is 53.0 Å². The van der Waals surface area contributed by atoms with E-state index < -0.39 is 0 Å². The predicted octanol–water partition coefficient (Wildman–Crippen LogP) is 4.86. The number of thiophene rings is 1. The van der Waals surface area contributed by atoms with Crippen LogP contribution in [0.15, 0.2) is 57.5 Å². The Morgan fingerprint density at radius 3 is 3.06 bits per heavy atom. The number of nitrogens with zero attached hydrogens (tertiary/aromatic N) is 4. The fraction of sp³-hybridized carbons (Fsp3) is 0.280. The zero-order valence-electron chi connectivity index (χ0n) is 19.4. The smallest absolute Gasteiger partial charge is 0.251 e. The molecule has 0 aliphatic carbocycles. The van der Waals surface area contributed by atoms with Gasteiger partial charge in [0.25, 0.3) is 5.91 Å². The fourth-order valence-electron chi connectivity index (χ4n) is 4.29. The molecule has 1 fully saturated rings. The molecule has 1 amide bonds. The Labute approximate surface area is 212 Å². The molecule has 2 aromatic heterocycles. The zero-order valence-corrected chi connectivity index (χ0v) is 21.0. The molecule has 2 aliphatic heterocycles. The first-order valence-electron chi connectivity index (χ1n) is 11.3. The van der Waals surface area contributed by atoms with Crippen LogP contribution in [0.3, 0.4) is 0 Å². The number of pyridine rings is 1. The van der Waals surface area contributed by atoms with Gasteiger partial charge in [-0.1, -0.05) is 6.07 Å². The molecule has 2 aliphatic rings. The van der Waals surface area contributed by atoms with Crippen LogP contribution >= 0.6 is 23.3 Å². The number of hydrogen-bond donors (Lipinski definition) is 2. The minimum atomic E-state index is -0.0512. The monoisotopic (exact) mass is 506 g/mol. The van der Waals surface area contributed by atoms with Crippen molar-refractivity contribution in [1.82, 2.24) is 15.2 Å². The van der Waals surface area contributed by atoms with Gasteiger partial charge in [0.2, 0.25) is 5.88 Å². The van der Waals surface area contributed by atoms with Gasteiger partial charge >= 0.3 is 0 Å². The summed E-state index contributed by atoms with van der Waals surface area (Å²) in [5.41, 5.74) is 3.26.